The van der Waals surface area contributed by atoms with Crippen LogP contribution in [-0.2, 0) is 9.59 Å². The van der Waals surface area contributed by atoms with E-state index >= 15 is 0 Å². The van der Waals surface area contributed by atoms with Crippen molar-refractivity contribution in [3.8, 4) is 5.75 Å². The van der Waals surface area contributed by atoms with Crippen LogP contribution in [-0.4, -0.2) is 23.4 Å². The van der Waals surface area contributed by atoms with Crippen LogP contribution in [0, 0.1) is 0 Å². The lowest BCUT2D eigenvalue weighted by Gasteiger charge is -2.25. The Balaban J connectivity index is 1.93. The fraction of sp³-hybridized carbons (Fsp3) is 0.120. The molecule has 156 valence electrons. The Morgan fingerprint density at radius 2 is 1.71 bits per heavy atom. The van der Waals surface area contributed by atoms with Crippen molar-refractivity contribution in [2.75, 3.05) is 11.5 Å². The number of ketones is 1. The molecular weight excluding hydrogens is 414 g/mol. The number of hydrogen-bond acceptors (Lipinski definition) is 4. The van der Waals surface area contributed by atoms with Crippen LogP contribution in [0.2, 0.25) is 5.02 Å². The number of hydrogen-bond donors (Lipinski definition) is 1. The van der Waals surface area contributed by atoms with Crippen LogP contribution >= 0.6 is 11.6 Å². The highest BCUT2D eigenvalue weighted by Gasteiger charge is 2.47. The van der Waals surface area contributed by atoms with E-state index in [1.54, 1.807) is 72.8 Å². The van der Waals surface area contributed by atoms with Crippen molar-refractivity contribution < 1.29 is 19.4 Å². The summed E-state index contributed by atoms with van der Waals surface area (Å²) in [4.78, 5) is 27.6. The number of Topliss-reactive ketones (excluding diaryl/α,β-unsaturated/α-hetero) is 1. The van der Waals surface area contributed by atoms with Gasteiger partial charge in [-0.3, -0.25) is 14.5 Å². The van der Waals surface area contributed by atoms with Gasteiger partial charge in [0.25, 0.3) is 11.7 Å². The fourth-order valence-electron chi connectivity index (χ4n) is 3.71. The van der Waals surface area contributed by atoms with Crippen molar-refractivity contribution >= 4 is 34.7 Å². The summed E-state index contributed by atoms with van der Waals surface area (Å²) in [5, 5.41) is 11.6. The largest absolute Gasteiger partial charge is 0.507 e. The first-order valence-electron chi connectivity index (χ1n) is 9.86. The molecule has 3 aromatic rings. The van der Waals surface area contributed by atoms with Crippen LogP contribution < -0.4 is 9.64 Å². The number of rotatable bonds is 5. The van der Waals surface area contributed by atoms with E-state index < -0.39 is 17.7 Å². The quantitative estimate of drug-likeness (QED) is 0.334. The molecule has 1 saturated heterocycles. The van der Waals surface area contributed by atoms with Gasteiger partial charge < -0.3 is 9.84 Å². The molecule has 0 aromatic heterocycles. The normalized spacial score (nSPS) is 17.7. The van der Waals surface area contributed by atoms with Gasteiger partial charge in [0.2, 0.25) is 0 Å². The van der Waals surface area contributed by atoms with Gasteiger partial charge in [-0.2, -0.15) is 0 Å². The number of halogens is 1. The number of carbonyl (C=O) groups excluding carboxylic acids is 2. The lowest BCUT2D eigenvalue weighted by molar-refractivity contribution is -0.132. The van der Waals surface area contributed by atoms with Gasteiger partial charge in [0, 0.05) is 16.3 Å². The molecule has 1 aliphatic heterocycles. The lowest BCUT2D eigenvalue weighted by Crippen LogP contribution is -2.29. The lowest BCUT2D eigenvalue weighted by atomic mass is 9.95. The maximum atomic E-state index is 13.1. The smallest absolute Gasteiger partial charge is 0.300 e. The van der Waals surface area contributed by atoms with Gasteiger partial charge in [0.15, 0.2) is 0 Å². The van der Waals surface area contributed by atoms with Gasteiger partial charge in [0.05, 0.1) is 18.2 Å². The zero-order valence-electron chi connectivity index (χ0n) is 16.8. The van der Waals surface area contributed by atoms with Crippen LogP contribution in [0.4, 0.5) is 5.69 Å². The number of carbonyl (C=O) groups is 2. The first-order valence-corrected chi connectivity index (χ1v) is 10.2. The predicted molar refractivity (Wildman–Crippen MR) is 120 cm³/mol. The summed E-state index contributed by atoms with van der Waals surface area (Å²) in [6.07, 6.45) is 0. The molecule has 1 atom stereocenters. The van der Waals surface area contributed by atoms with E-state index in [1.807, 2.05) is 13.0 Å². The van der Waals surface area contributed by atoms with E-state index in [2.05, 4.69) is 0 Å². The minimum atomic E-state index is -0.818. The molecule has 1 heterocycles. The van der Waals surface area contributed by atoms with Crippen LogP contribution in [0.5, 0.6) is 5.75 Å². The van der Waals surface area contributed by atoms with E-state index in [1.165, 1.54) is 4.90 Å². The molecule has 3 aromatic carbocycles. The SMILES string of the molecule is CCOc1cccc(C2/C(=C(/O)c3ccccc3)C(=O)C(=O)N2c2ccc(Cl)cc2)c1. The molecule has 31 heavy (non-hydrogen) atoms. The number of aliphatic hydroxyl groups is 1. The highest BCUT2D eigenvalue weighted by molar-refractivity contribution is 6.51. The van der Waals surface area contributed by atoms with E-state index in [9.17, 15) is 14.7 Å². The third-order valence-corrected chi connectivity index (χ3v) is 5.33. The summed E-state index contributed by atoms with van der Waals surface area (Å²) in [6.45, 7) is 2.35. The highest BCUT2D eigenvalue weighted by atomic mass is 35.5. The Hall–Kier alpha value is -3.57. The second kappa shape index (κ2) is 8.66. The number of ether oxygens (including phenoxy) is 1. The van der Waals surface area contributed by atoms with E-state index in [0.29, 0.717) is 34.2 Å². The Morgan fingerprint density at radius 3 is 2.39 bits per heavy atom. The topological polar surface area (TPSA) is 66.8 Å². The minimum Gasteiger partial charge on any atom is -0.507 e. The first kappa shape index (κ1) is 20.7. The molecule has 1 aliphatic rings. The van der Waals surface area contributed by atoms with Crippen LogP contribution in [0.1, 0.15) is 24.1 Å². The molecule has 0 aliphatic carbocycles. The molecule has 0 saturated carbocycles. The molecule has 1 N–H and O–H groups in total. The van der Waals surface area contributed by atoms with Gasteiger partial charge in [-0.25, -0.2) is 0 Å². The summed E-state index contributed by atoms with van der Waals surface area (Å²) >= 11 is 6.02. The zero-order chi connectivity index (χ0) is 22.0. The van der Waals surface area contributed by atoms with Crippen molar-refractivity contribution in [3.63, 3.8) is 0 Å². The number of nitrogens with zero attached hydrogens (tertiary/aromatic N) is 1. The highest BCUT2D eigenvalue weighted by Crippen LogP contribution is 2.43. The molecule has 5 nitrogen and oxygen atoms in total. The van der Waals surface area contributed by atoms with Crippen LogP contribution in [0.25, 0.3) is 5.76 Å². The average molecular weight is 434 g/mol. The van der Waals surface area contributed by atoms with Crippen molar-refractivity contribution in [1.29, 1.82) is 0 Å². The first-order chi connectivity index (χ1) is 15.0. The molecular formula is C25H20ClNO4. The maximum Gasteiger partial charge on any atom is 0.300 e. The minimum absolute atomic E-state index is 0.0276. The standard InChI is InChI=1S/C25H20ClNO4/c1-2-31-20-10-6-9-17(15-20)22-21(23(28)16-7-4-3-5-8-16)24(29)25(30)27(22)19-13-11-18(26)12-14-19/h3-15,22,28H,2H2,1H3/b23-21-. The van der Waals surface area contributed by atoms with Gasteiger partial charge >= 0.3 is 0 Å². The van der Waals surface area contributed by atoms with Crippen LogP contribution in [0.15, 0.2) is 84.4 Å². The van der Waals surface area contributed by atoms with Crippen molar-refractivity contribution in [2.45, 2.75) is 13.0 Å². The predicted octanol–water partition coefficient (Wildman–Crippen LogP) is 5.37. The Bertz CT molecular complexity index is 1160. The molecule has 4 rings (SSSR count). The summed E-state index contributed by atoms with van der Waals surface area (Å²) in [6, 6.07) is 21.7. The number of aliphatic hydroxyl groups excluding tert-OH is 1. The Morgan fingerprint density at radius 1 is 1.00 bits per heavy atom. The fourth-order valence-corrected chi connectivity index (χ4v) is 3.83. The summed E-state index contributed by atoms with van der Waals surface area (Å²) < 4.78 is 5.61. The Labute approximate surface area is 185 Å². The zero-order valence-corrected chi connectivity index (χ0v) is 17.5. The summed E-state index contributed by atoms with van der Waals surface area (Å²) in [5.74, 6) is -1.07. The van der Waals surface area contributed by atoms with Gasteiger partial charge in [-0.15, -0.1) is 0 Å². The number of anilines is 1. The van der Waals surface area contributed by atoms with Crippen molar-refractivity contribution in [3.05, 3.63) is 101 Å². The summed E-state index contributed by atoms with van der Waals surface area (Å²) in [7, 11) is 0. The van der Waals surface area contributed by atoms with Gasteiger partial charge in [0.1, 0.15) is 11.5 Å². The molecule has 1 fully saturated rings. The second-order valence-corrected chi connectivity index (χ2v) is 7.45. The Kier molecular flexibility index (Phi) is 5.78. The molecule has 1 amide bonds. The molecule has 6 heteroatoms. The second-order valence-electron chi connectivity index (χ2n) is 7.02. The van der Waals surface area contributed by atoms with Gasteiger partial charge in [-0.1, -0.05) is 54.1 Å². The molecule has 0 spiro atoms. The van der Waals surface area contributed by atoms with Crippen molar-refractivity contribution in [1.82, 2.24) is 0 Å². The number of benzene rings is 3. The monoisotopic (exact) mass is 433 g/mol. The summed E-state index contributed by atoms with van der Waals surface area (Å²) in [5.41, 5.74) is 1.64. The van der Waals surface area contributed by atoms with Crippen molar-refractivity contribution in [2.24, 2.45) is 0 Å². The molecule has 0 radical (unpaired) electrons. The van der Waals surface area contributed by atoms with E-state index in [0.717, 1.165) is 0 Å². The van der Waals surface area contributed by atoms with Crippen LogP contribution in [0.3, 0.4) is 0 Å². The number of amides is 1. The third kappa shape index (κ3) is 3.92. The van der Waals surface area contributed by atoms with E-state index in [4.69, 9.17) is 16.3 Å². The molecule has 1 unspecified atom stereocenters. The molecule has 0 bridgehead atoms. The maximum absolute atomic E-state index is 13.1. The van der Waals surface area contributed by atoms with Gasteiger partial charge in [-0.05, 0) is 48.9 Å². The average Bonchev–Trinajstić information content (AvgIpc) is 3.05. The van der Waals surface area contributed by atoms with E-state index in [-0.39, 0.29) is 11.3 Å². The third-order valence-electron chi connectivity index (χ3n) is 5.08.